The normalized spacial score (nSPS) is 10.4. The van der Waals surface area contributed by atoms with Crippen molar-refractivity contribution in [3.05, 3.63) is 65.7 Å². The summed E-state index contributed by atoms with van der Waals surface area (Å²) in [4.78, 5) is 8.47. The van der Waals surface area contributed by atoms with E-state index in [4.69, 9.17) is 22.6 Å². The van der Waals surface area contributed by atoms with Crippen LogP contribution in [0.5, 0.6) is 0 Å². The third kappa shape index (κ3) is 3.84. The van der Waals surface area contributed by atoms with Crippen molar-refractivity contribution in [2.75, 3.05) is 16.8 Å². The molecule has 0 bridgehead atoms. The number of nitrogens with two attached hydrogens (primary N) is 3. The Labute approximate surface area is 145 Å². The Hall–Kier alpha value is -3.61. The first-order valence-electron chi connectivity index (χ1n) is 7.69. The standard InChI is InChI=1S/C18H19N7/c19-14-8-12(6-7-13(14)17(20)21)15-9-16(25-18(22)24-15)23-10-11-4-2-1-3-5-11/h1-9H,10,19H2,(H3,20,21)(H3,22,23,24,25). The number of benzene rings is 2. The second kappa shape index (κ2) is 6.88. The van der Waals surface area contributed by atoms with Gasteiger partial charge in [0.1, 0.15) is 11.7 Å². The molecule has 0 fully saturated rings. The highest BCUT2D eigenvalue weighted by Gasteiger charge is 2.09. The summed E-state index contributed by atoms with van der Waals surface area (Å²) in [5, 5.41) is 10.7. The minimum absolute atomic E-state index is 0.0727. The summed E-state index contributed by atoms with van der Waals surface area (Å²) in [5.41, 5.74) is 20.8. The number of anilines is 3. The Balaban J connectivity index is 1.86. The SMILES string of the molecule is N=C(N)c1ccc(-c2cc(NCc3ccccc3)nc(N)n2)cc1N. The van der Waals surface area contributed by atoms with Gasteiger partial charge in [-0.3, -0.25) is 5.41 Å². The fourth-order valence-electron chi connectivity index (χ4n) is 2.46. The molecule has 126 valence electrons. The summed E-state index contributed by atoms with van der Waals surface area (Å²) in [6, 6.07) is 17.0. The first kappa shape index (κ1) is 16.3. The Morgan fingerprint density at radius 2 is 1.76 bits per heavy atom. The van der Waals surface area contributed by atoms with Crippen molar-refractivity contribution in [2.24, 2.45) is 5.73 Å². The number of aromatic nitrogens is 2. The molecule has 0 saturated heterocycles. The van der Waals surface area contributed by atoms with Gasteiger partial charge in [0.05, 0.1) is 5.69 Å². The minimum Gasteiger partial charge on any atom is -0.398 e. The topological polar surface area (TPSA) is 140 Å². The van der Waals surface area contributed by atoms with E-state index in [1.54, 1.807) is 18.2 Å². The maximum atomic E-state index is 7.50. The van der Waals surface area contributed by atoms with Gasteiger partial charge in [-0.15, -0.1) is 0 Å². The van der Waals surface area contributed by atoms with E-state index < -0.39 is 0 Å². The van der Waals surface area contributed by atoms with Crippen molar-refractivity contribution in [1.82, 2.24) is 9.97 Å². The summed E-state index contributed by atoms with van der Waals surface area (Å²) in [6.45, 7) is 0.627. The van der Waals surface area contributed by atoms with E-state index in [1.807, 2.05) is 36.4 Å². The predicted molar refractivity (Wildman–Crippen MR) is 101 cm³/mol. The number of nitrogen functional groups attached to an aromatic ring is 3. The summed E-state index contributed by atoms with van der Waals surface area (Å²) in [7, 11) is 0. The first-order valence-corrected chi connectivity index (χ1v) is 7.69. The summed E-state index contributed by atoms with van der Waals surface area (Å²) in [6.07, 6.45) is 0. The molecule has 7 heteroatoms. The van der Waals surface area contributed by atoms with Gasteiger partial charge in [-0.25, -0.2) is 4.98 Å². The van der Waals surface area contributed by atoms with Gasteiger partial charge >= 0.3 is 0 Å². The van der Waals surface area contributed by atoms with Crippen LogP contribution in [0, 0.1) is 5.41 Å². The van der Waals surface area contributed by atoms with Gasteiger partial charge in [0, 0.05) is 29.4 Å². The van der Waals surface area contributed by atoms with Crippen molar-refractivity contribution >= 4 is 23.3 Å². The Morgan fingerprint density at radius 3 is 2.44 bits per heavy atom. The Bertz CT molecular complexity index is 907. The van der Waals surface area contributed by atoms with Crippen LogP contribution in [0.25, 0.3) is 11.3 Å². The van der Waals surface area contributed by atoms with Crippen LogP contribution in [0.4, 0.5) is 17.5 Å². The average Bonchev–Trinajstić information content (AvgIpc) is 2.60. The molecule has 0 saturated carbocycles. The van der Waals surface area contributed by atoms with Crippen molar-refractivity contribution in [3.8, 4) is 11.3 Å². The van der Waals surface area contributed by atoms with E-state index in [0.717, 1.165) is 11.1 Å². The number of nitrogens with zero attached hydrogens (tertiary/aromatic N) is 2. The van der Waals surface area contributed by atoms with Crippen LogP contribution < -0.4 is 22.5 Å². The van der Waals surface area contributed by atoms with Gasteiger partial charge in [-0.2, -0.15) is 4.98 Å². The summed E-state index contributed by atoms with van der Waals surface area (Å²) >= 11 is 0. The Kier molecular flexibility index (Phi) is 4.47. The summed E-state index contributed by atoms with van der Waals surface area (Å²) in [5.74, 6) is 0.722. The molecule has 1 heterocycles. The number of amidine groups is 1. The molecule has 0 aliphatic rings. The van der Waals surface area contributed by atoms with Gasteiger partial charge in [-0.05, 0) is 17.7 Å². The van der Waals surface area contributed by atoms with Crippen molar-refractivity contribution < 1.29 is 0 Å². The smallest absolute Gasteiger partial charge is 0.222 e. The van der Waals surface area contributed by atoms with Crippen molar-refractivity contribution in [3.63, 3.8) is 0 Å². The monoisotopic (exact) mass is 333 g/mol. The average molecular weight is 333 g/mol. The molecule has 0 aliphatic carbocycles. The number of hydrogen-bond donors (Lipinski definition) is 5. The molecule has 0 atom stereocenters. The molecule has 3 rings (SSSR count). The van der Waals surface area contributed by atoms with E-state index in [2.05, 4.69) is 15.3 Å². The highest BCUT2D eigenvalue weighted by atomic mass is 15.1. The maximum absolute atomic E-state index is 7.50. The predicted octanol–water partition coefficient (Wildman–Crippen LogP) is 2.20. The maximum Gasteiger partial charge on any atom is 0.222 e. The van der Waals surface area contributed by atoms with Crippen LogP contribution in [0.2, 0.25) is 0 Å². The number of rotatable bonds is 5. The van der Waals surface area contributed by atoms with Crippen LogP contribution in [0.15, 0.2) is 54.6 Å². The van der Waals surface area contributed by atoms with Crippen molar-refractivity contribution in [1.29, 1.82) is 5.41 Å². The van der Waals surface area contributed by atoms with E-state index in [-0.39, 0.29) is 11.8 Å². The molecule has 25 heavy (non-hydrogen) atoms. The molecule has 7 nitrogen and oxygen atoms in total. The summed E-state index contributed by atoms with van der Waals surface area (Å²) < 4.78 is 0. The molecule has 0 spiro atoms. The second-order valence-corrected chi connectivity index (χ2v) is 5.55. The van der Waals surface area contributed by atoms with Crippen LogP contribution in [0.3, 0.4) is 0 Å². The van der Waals surface area contributed by atoms with Gasteiger partial charge in [0.2, 0.25) is 5.95 Å². The van der Waals surface area contributed by atoms with Gasteiger partial charge < -0.3 is 22.5 Å². The molecule has 0 aliphatic heterocycles. The highest BCUT2D eigenvalue weighted by Crippen LogP contribution is 2.25. The zero-order valence-electron chi connectivity index (χ0n) is 13.5. The largest absolute Gasteiger partial charge is 0.398 e. The van der Waals surface area contributed by atoms with Crippen LogP contribution >= 0.6 is 0 Å². The van der Waals surface area contributed by atoms with Crippen LogP contribution in [0.1, 0.15) is 11.1 Å². The van der Waals surface area contributed by atoms with Gasteiger partial charge in [-0.1, -0.05) is 36.4 Å². The lowest BCUT2D eigenvalue weighted by molar-refractivity contribution is 1.09. The van der Waals surface area contributed by atoms with Crippen LogP contribution in [-0.4, -0.2) is 15.8 Å². The van der Waals surface area contributed by atoms with E-state index in [9.17, 15) is 0 Å². The second-order valence-electron chi connectivity index (χ2n) is 5.55. The molecule has 3 aromatic rings. The zero-order valence-corrected chi connectivity index (χ0v) is 13.5. The lowest BCUT2D eigenvalue weighted by Gasteiger charge is -2.10. The fraction of sp³-hybridized carbons (Fsp3) is 0.0556. The fourth-order valence-corrected chi connectivity index (χ4v) is 2.46. The minimum atomic E-state index is -0.0727. The molecular weight excluding hydrogens is 314 g/mol. The molecule has 0 unspecified atom stereocenters. The molecule has 0 radical (unpaired) electrons. The zero-order chi connectivity index (χ0) is 17.8. The lowest BCUT2D eigenvalue weighted by Crippen LogP contribution is -2.13. The molecular formula is C18H19N7. The third-order valence-electron chi connectivity index (χ3n) is 3.70. The Morgan fingerprint density at radius 1 is 1.00 bits per heavy atom. The quantitative estimate of drug-likeness (QED) is 0.275. The van der Waals surface area contributed by atoms with E-state index in [1.165, 1.54) is 0 Å². The number of hydrogen-bond acceptors (Lipinski definition) is 6. The van der Waals surface area contributed by atoms with E-state index >= 15 is 0 Å². The van der Waals surface area contributed by atoms with Crippen molar-refractivity contribution in [2.45, 2.75) is 6.54 Å². The first-order chi connectivity index (χ1) is 12.0. The molecule has 0 amide bonds. The molecule has 1 aromatic heterocycles. The highest BCUT2D eigenvalue weighted by molar-refractivity contribution is 6.00. The van der Waals surface area contributed by atoms with E-state index in [0.29, 0.717) is 29.3 Å². The van der Waals surface area contributed by atoms with Gasteiger partial charge in [0.25, 0.3) is 0 Å². The number of nitrogens with one attached hydrogen (secondary N) is 2. The lowest BCUT2D eigenvalue weighted by atomic mass is 10.1. The van der Waals surface area contributed by atoms with Gasteiger partial charge in [0.15, 0.2) is 0 Å². The molecule has 8 N–H and O–H groups in total. The molecule has 2 aromatic carbocycles. The third-order valence-corrected chi connectivity index (χ3v) is 3.70. The van der Waals surface area contributed by atoms with Crippen LogP contribution in [-0.2, 0) is 6.54 Å².